The smallest absolute Gasteiger partial charge is 0.167 e. The highest BCUT2D eigenvalue weighted by Gasteiger charge is 2.17. The van der Waals surface area contributed by atoms with Crippen molar-refractivity contribution in [3.8, 4) is 5.69 Å². The molecule has 12 rings (SSSR count). The van der Waals surface area contributed by atoms with Crippen molar-refractivity contribution in [1.29, 1.82) is 0 Å². The van der Waals surface area contributed by atoms with E-state index in [2.05, 4.69) is 45.4 Å². The molecule has 0 radical (unpaired) electrons. The fourth-order valence-corrected chi connectivity index (χ4v) is 7.75. The van der Waals surface area contributed by atoms with E-state index in [0.29, 0.717) is 51.8 Å². The molecule has 0 aliphatic heterocycles. The van der Waals surface area contributed by atoms with Crippen LogP contribution in [0.4, 0.5) is 0 Å². The zero-order valence-electron chi connectivity index (χ0n) is 35.2. The number of halogens is 1. The van der Waals surface area contributed by atoms with Gasteiger partial charge in [0.1, 0.15) is 0 Å². The fourth-order valence-electron chi connectivity index (χ4n) is 7.34. The Kier molecular flexibility index (Phi) is 6.82. The van der Waals surface area contributed by atoms with Crippen molar-refractivity contribution < 1.29 is 9.72 Å². The zero-order valence-corrected chi connectivity index (χ0v) is 30.3. The standard InChI is InChI=1S/C24H16N2.C18H12N2.C6H5I.CH4/c1-2-8-16(9-3-1)26-22-13-7-5-11-18(22)20-15-14-19-17-10-4-6-12-21(17)25-23(19)24(20)26;1-3-7-15-11(5-1)13-9-10-14-12-6-2-4-8-16(12)20-18(14)17(13)19-15;7-6-4-2-1-3-5-6;/h1-15,25H;1-10,19-20H;1-5H;1H4/i12D,13D;7D,8D;;/hD3. The molecule has 0 aliphatic carbocycles. The van der Waals surface area contributed by atoms with E-state index in [-0.39, 0.29) is 7.43 Å². The Labute approximate surface area is 336 Å². The molecule has 0 aliphatic rings. The van der Waals surface area contributed by atoms with Crippen molar-refractivity contribution in [1.82, 2.24) is 19.5 Å². The SMILES string of the molecule is C.Ic1ccccc1.[2H]c1cccc2c3ccc4c5cccc([2H])c5n(-c5ccccc5)c4c3n([2H])c12.[2H]c1cccc2c3ccc4c5cccc([2H])c5n([2H])c4c3n([2H])c12. The summed E-state index contributed by atoms with van der Waals surface area (Å²) in [5.74, 6) is 0. The summed E-state index contributed by atoms with van der Waals surface area (Å²) < 4.78 is 62.4. The van der Waals surface area contributed by atoms with E-state index in [4.69, 9.17) is 9.72 Å². The first-order valence-electron chi connectivity index (χ1n) is 20.7. The average Bonchev–Trinajstić information content (AvgIpc) is 3.95. The average molecular weight is 816 g/mol. The molecule has 4 heterocycles. The monoisotopic (exact) mass is 815 g/mol. The number of hydrogen-bond acceptors (Lipinski definition) is 0. The third-order valence-electron chi connectivity index (χ3n) is 9.67. The lowest BCUT2D eigenvalue weighted by molar-refractivity contribution is 1.18. The third kappa shape index (κ3) is 5.60. The molecule has 260 valence electrons. The molecule has 3 N–H and O–H groups in total. The topological polar surface area (TPSA) is 52.3 Å². The van der Waals surface area contributed by atoms with Gasteiger partial charge in [0, 0.05) is 68.9 Å². The summed E-state index contributed by atoms with van der Waals surface area (Å²) in [5, 5.41) is 7.23. The van der Waals surface area contributed by atoms with E-state index in [1.54, 1.807) is 24.3 Å². The minimum absolute atomic E-state index is 0. The highest BCUT2D eigenvalue weighted by molar-refractivity contribution is 14.1. The van der Waals surface area contributed by atoms with Crippen LogP contribution in [0.2, 0.25) is 4.24 Å². The molecule has 4 aromatic heterocycles. The molecular weight excluding hydrogens is 771 g/mol. The molecule has 0 spiro atoms. The number of nitrogens with one attached hydrogen (secondary N) is 3. The van der Waals surface area contributed by atoms with E-state index in [1.807, 2.05) is 115 Å². The molecule has 0 bridgehead atoms. The van der Waals surface area contributed by atoms with Crippen LogP contribution < -0.4 is 0 Å². The summed E-state index contributed by atoms with van der Waals surface area (Å²) in [5.41, 5.74) is 6.33. The lowest BCUT2D eigenvalue weighted by atomic mass is 10.1. The van der Waals surface area contributed by atoms with Crippen LogP contribution in [0.1, 0.15) is 12.9 Å². The molecular formula is C49H37IN4. The molecule has 4 nitrogen and oxygen atoms in total. The Hall–Kier alpha value is -6.31. The first-order valence-corrected chi connectivity index (χ1v) is 18.4. The third-order valence-corrected chi connectivity index (χ3v) is 10.4. The van der Waals surface area contributed by atoms with Gasteiger partial charge in [-0.2, -0.15) is 0 Å². The predicted octanol–water partition coefficient (Wildman–Crippen LogP) is 14.3. The van der Waals surface area contributed by atoms with Gasteiger partial charge in [-0.3, -0.25) is 0 Å². The van der Waals surface area contributed by atoms with Gasteiger partial charge in [-0.15, -0.1) is 0 Å². The van der Waals surface area contributed by atoms with E-state index >= 15 is 0 Å². The maximum atomic E-state index is 8.86. The highest BCUT2D eigenvalue weighted by Crippen LogP contribution is 2.39. The van der Waals surface area contributed by atoms with Crippen LogP contribution in [-0.4, -0.2) is 19.5 Å². The molecule has 0 amide bonds. The van der Waals surface area contributed by atoms with E-state index in [0.717, 1.165) is 65.3 Å². The fraction of sp³-hybridized carbons (Fsp3) is 0.0204. The van der Waals surface area contributed by atoms with Crippen molar-refractivity contribution in [2.45, 2.75) is 7.43 Å². The highest BCUT2D eigenvalue weighted by atomic mass is 127. The quantitative estimate of drug-likeness (QED) is 0.138. The lowest BCUT2D eigenvalue weighted by Crippen LogP contribution is -1.93. The van der Waals surface area contributed by atoms with Crippen molar-refractivity contribution in [2.75, 3.05) is 0 Å². The van der Waals surface area contributed by atoms with Crippen LogP contribution in [0.15, 0.2) is 182 Å². The van der Waals surface area contributed by atoms with Gasteiger partial charge < -0.3 is 19.5 Å². The predicted molar refractivity (Wildman–Crippen MR) is 241 cm³/mol. The first kappa shape index (κ1) is 26.5. The summed E-state index contributed by atoms with van der Waals surface area (Å²) in [6.45, 7) is 0. The molecule has 0 fully saturated rings. The van der Waals surface area contributed by atoms with E-state index < -0.39 is 0 Å². The number of hydrogen-bond donors (Lipinski definition) is 3. The summed E-state index contributed by atoms with van der Waals surface area (Å²) >= 11 is 2.28. The maximum absolute atomic E-state index is 8.86. The summed E-state index contributed by atoms with van der Waals surface area (Å²) in [4.78, 5) is 3.89. The number of benzene rings is 8. The molecule has 54 heavy (non-hydrogen) atoms. The van der Waals surface area contributed by atoms with Gasteiger partial charge in [0.05, 0.1) is 33.1 Å². The number of H-pyrrole nitrogens is 3. The Balaban J connectivity index is 0.000000134. The summed E-state index contributed by atoms with van der Waals surface area (Å²) in [6, 6.07) is 51.6. The molecule has 0 unspecified atom stereocenters. The number of nitrogens with zero attached hydrogens (tertiary/aromatic N) is 1. The Morgan fingerprint density at radius 2 is 0.815 bits per heavy atom. The number of aromatic nitrogens is 4. The molecule has 8 aromatic carbocycles. The van der Waals surface area contributed by atoms with Crippen molar-refractivity contribution in [3.63, 3.8) is 0 Å². The van der Waals surface area contributed by atoms with Crippen LogP contribution in [0.25, 0.3) is 92.9 Å². The first-order chi connectivity index (χ1) is 29.2. The lowest BCUT2D eigenvalue weighted by Gasteiger charge is -2.08. The van der Waals surface area contributed by atoms with Crippen molar-refractivity contribution >= 4 is 110 Å². The second-order valence-corrected chi connectivity index (χ2v) is 14.0. The molecule has 0 saturated heterocycles. The molecule has 5 heteroatoms. The van der Waals surface area contributed by atoms with E-state index in [9.17, 15) is 0 Å². The molecule has 0 atom stereocenters. The Morgan fingerprint density at radius 3 is 1.31 bits per heavy atom. The number of rotatable bonds is 1. The minimum Gasteiger partial charge on any atom is -0.353 e. The van der Waals surface area contributed by atoms with Gasteiger partial charge in [0.25, 0.3) is 0 Å². The number of aromatic amines is 3. The van der Waals surface area contributed by atoms with E-state index in [1.165, 1.54) is 18.5 Å². The van der Waals surface area contributed by atoms with Crippen molar-refractivity contribution in [3.05, 3.63) is 185 Å². The van der Waals surface area contributed by atoms with Crippen LogP contribution in [-0.2, 0) is 0 Å². The second kappa shape index (κ2) is 13.9. The molecule has 12 aromatic rings. The Bertz CT molecular complexity index is 3550. The van der Waals surface area contributed by atoms with Gasteiger partial charge in [0.2, 0.25) is 0 Å². The Morgan fingerprint density at radius 1 is 0.407 bits per heavy atom. The van der Waals surface area contributed by atoms with Gasteiger partial charge in [0.15, 0.2) is 4.24 Å². The zero-order chi connectivity index (χ0) is 41.4. The largest absolute Gasteiger partial charge is 0.353 e. The molecule has 0 saturated carbocycles. The van der Waals surface area contributed by atoms with Crippen LogP contribution in [0, 0.1) is 3.57 Å². The van der Waals surface area contributed by atoms with Gasteiger partial charge in [-0.25, -0.2) is 0 Å². The second-order valence-electron chi connectivity index (χ2n) is 12.7. The number of para-hydroxylation sites is 5. The van der Waals surface area contributed by atoms with Gasteiger partial charge in [-0.1, -0.05) is 141 Å². The normalized spacial score (nSPS) is 13.1. The van der Waals surface area contributed by atoms with Gasteiger partial charge in [-0.05, 0) is 71.0 Å². The van der Waals surface area contributed by atoms with Crippen LogP contribution >= 0.6 is 22.6 Å². The maximum Gasteiger partial charge on any atom is 0.167 e. The summed E-state index contributed by atoms with van der Waals surface area (Å²) in [7, 11) is 0. The minimum atomic E-state index is 0. The van der Waals surface area contributed by atoms with Crippen LogP contribution in [0.5, 0.6) is 0 Å². The van der Waals surface area contributed by atoms with Crippen molar-refractivity contribution in [2.24, 2.45) is 0 Å². The van der Waals surface area contributed by atoms with Gasteiger partial charge >= 0.3 is 0 Å². The summed E-state index contributed by atoms with van der Waals surface area (Å²) in [6.07, 6.45) is 0. The van der Waals surface area contributed by atoms with Crippen LogP contribution in [0.3, 0.4) is 0 Å². The number of fused-ring (bicyclic) bond motifs is 14.